The Morgan fingerprint density at radius 2 is 2.26 bits per heavy atom. The van der Waals surface area contributed by atoms with Crippen molar-refractivity contribution >= 4 is 5.97 Å². The maximum absolute atomic E-state index is 11.0. The smallest absolute Gasteiger partial charge is 0.332 e. The molecule has 0 amide bonds. The SMILES string of the molecule is CC(O)C(O)C1CC(N)(CN=[N+]=[N-])C[C@@H](C(=O)O)O1. The van der Waals surface area contributed by atoms with Gasteiger partial charge >= 0.3 is 5.97 Å². The molecular weight excluding hydrogens is 256 g/mol. The zero-order valence-corrected chi connectivity index (χ0v) is 10.5. The quantitative estimate of drug-likeness (QED) is 0.296. The molecule has 5 atom stereocenters. The number of rotatable bonds is 5. The van der Waals surface area contributed by atoms with Gasteiger partial charge in [0.05, 0.1) is 12.2 Å². The van der Waals surface area contributed by atoms with Crippen molar-refractivity contribution < 1.29 is 24.9 Å². The molecule has 108 valence electrons. The topological polar surface area (TPSA) is 162 Å². The minimum atomic E-state index is -1.25. The first-order chi connectivity index (χ1) is 8.79. The van der Waals surface area contributed by atoms with E-state index in [1.807, 2.05) is 0 Å². The number of carboxylic acid groups (broad SMARTS) is 1. The molecule has 1 rings (SSSR count). The van der Waals surface area contributed by atoms with Crippen LogP contribution in [0.4, 0.5) is 0 Å². The first-order valence-corrected chi connectivity index (χ1v) is 5.83. The number of hydrogen-bond acceptors (Lipinski definition) is 6. The molecule has 9 nitrogen and oxygen atoms in total. The molecule has 9 heteroatoms. The number of azide groups is 1. The maximum atomic E-state index is 11.0. The van der Waals surface area contributed by atoms with Crippen LogP contribution in [0, 0.1) is 0 Å². The Morgan fingerprint density at radius 1 is 1.63 bits per heavy atom. The highest BCUT2D eigenvalue weighted by Gasteiger charge is 2.44. The summed E-state index contributed by atoms with van der Waals surface area (Å²) in [6, 6.07) is 0. The number of carbonyl (C=O) groups is 1. The predicted molar refractivity (Wildman–Crippen MR) is 64.1 cm³/mol. The summed E-state index contributed by atoms with van der Waals surface area (Å²) in [5.41, 5.74) is 13.2. The lowest BCUT2D eigenvalue weighted by atomic mass is 9.82. The molecular formula is C10H18N4O5. The number of nitrogens with zero attached hydrogens (tertiary/aromatic N) is 3. The lowest BCUT2D eigenvalue weighted by Gasteiger charge is -2.42. The van der Waals surface area contributed by atoms with Crippen LogP contribution in [0.15, 0.2) is 5.11 Å². The zero-order valence-electron chi connectivity index (χ0n) is 10.5. The van der Waals surface area contributed by atoms with Crippen molar-refractivity contribution in [1.29, 1.82) is 0 Å². The van der Waals surface area contributed by atoms with Crippen molar-refractivity contribution in [3.63, 3.8) is 0 Å². The second-order valence-corrected chi connectivity index (χ2v) is 4.89. The van der Waals surface area contributed by atoms with Gasteiger partial charge in [0.1, 0.15) is 6.10 Å². The first-order valence-electron chi connectivity index (χ1n) is 5.83. The second-order valence-electron chi connectivity index (χ2n) is 4.89. The molecule has 0 spiro atoms. The Hall–Kier alpha value is -1.38. The van der Waals surface area contributed by atoms with Crippen LogP contribution in [0.3, 0.4) is 0 Å². The molecule has 0 bridgehead atoms. The summed E-state index contributed by atoms with van der Waals surface area (Å²) in [5.74, 6) is -1.21. The van der Waals surface area contributed by atoms with Crippen molar-refractivity contribution in [3.8, 4) is 0 Å². The molecule has 0 aliphatic carbocycles. The van der Waals surface area contributed by atoms with E-state index >= 15 is 0 Å². The molecule has 19 heavy (non-hydrogen) atoms. The third-order valence-electron chi connectivity index (χ3n) is 3.14. The highest BCUT2D eigenvalue weighted by molar-refractivity contribution is 5.72. The lowest BCUT2D eigenvalue weighted by Crippen LogP contribution is -2.58. The van der Waals surface area contributed by atoms with Crippen LogP contribution in [-0.2, 0) is 9.53 Å². The fourth-order valence-corrected chi connectivity index (χ4v) is 2.12. The number of aliphatic carboxylic acids is 1. The minimum Gasteiger partial charge on any atom is -0.479 e. The molecule has 0 saturated carbocycles. The average molecular weight is 274 g/mol. The minimum absolute atomic E-state index is 0.0234. The van der Waals surface area contributed by atoms with Gasteiger partial charge in [-0.25, -0.2) is 4.79 Å². The van der Waals surface area contributed by atoms with Crippen LogP contribution < -0.4 is 5.73 Å². The van der Waals surface area contributed by atoms with Gasteiger partial charge in [0.2, 0.25) is 0 Å². The number of nitrogens with two attached hydrogens (primary N) is 1. The normalized spacial score (nSPS) is 34.1. The second kappa shape index (κ2) is 6.18. The number of carboxylic acids is 1. The summed E-state index contributed by atoms with van der Waals surface area (Å²) in [6.45, 7) is 1.27. The van der Waals surface area contributed by atoms with Gasteiger partial charge in [-0.2, -0.15) is 0 Å². The van der Waals surface area contributed by atoms with Gasteiger partial charge in [0.25, 0.3) is 0 Å². The van der Waals surface area contributed by atoms with E-state index in [0.717, 1.165) is 0 Å². The molecule has 1 aliphatic heterocycles. The van der Waals surface area contributed by atoms with Crippen LogP contribution >= 0.6 is 0 Å². The van der Waals surface area contributed by atoms with Crippen molar-refractivity contribution in [2.45, 2.75) is 49.7 Å². The van der Waals surface area contributed by atoms with E-state index < -0.39 is 35.9 Å². The van der Waals surface area contributed by atoms with E-state index in [0.29, 0.717) is 0 Å². The molecule has 0 aromatic rings. The fraction of sp³-hybridized carbons (Fsp3) is 0.900. The van der Waals surface area contributed by atoms with Gasteiger partial charge < -0.3 is 25.8 Å². The van der Waals surface area contributed by atoms with Crippen LogP contribution in [0.25, 0.3) is 10.4 Å². The van der Waals surface area contributed by atoms with Crippen molar-refractivity contribution in [3.05, 3.63) is 10.4 Å². The molecule has 0 aromatic heterocycles. The molecule has 0 aromatic carbocycles. The van der Waals surface area contributed by atoms with Crippen molar-refractivity contribution in [2.24, 2.45) is 10.8 Å². The first kappa shape index (κ1) is 15.7. The summed E-state index contributed by atoms with van der Waals surface area (Å²) in [4.78, 5) is 13.6. The summed E-state index contributed by atoms with van der Waals surface area (Å²) in [7, 11) is 0. The van der Waals surface area contributed by atoms with Gasteiger partial charge in [-0.1, -0.05) is 5.11 Å². The van der Waals surface area contributed by atoms with Crippen LogP contribution in [0.5, 0.6) is 0 Å². The number of ether oxygens (including phenoxy) is 1. The van der Waals surface area contributed by atoms with Crippen LogP contribution in [0.2, 0.25) is 0 Å². The van der Waals surface area contributed by atoms with E-state index in [1.54, 1.807) is 0 Å². The summed E-state index contributed by atoms with van der Waals surface area (Å²) < 4.78 is 5.22. The molecule has 1 heterocycles. The number of aliphatic hydroxyl groups excluding tert-OH is 2. The lowest BCUT2D eigenvalue weighted by molar-refractivity contribution is -0.179. The average Bonchev–Trinajstić information content (AvgIpc) is 2.34. The van der Waals surface area contributed by atoms with Gasteiger partial charge in [-0.3, -0.25) is 0 Å². The highest BCUT2D eigenvalue weighted by atomic mass is 16.5. The Morgan fingerprint density at radius 3 is 2.74 bits per heavy atom. The Bertz CT molecular complexity index is 384. The van der Waals surface area contributed by atoms with Gasteiger partial charge in [0, 0.05) is 23.4 Å². The monoisotopic (exact) mass is 274 g/mol. The van der Waals surface area contributed by atoms with Crippen molar-refractivity contribution in [1.82, 2.24) is 0 Å². The van der Waals surface area contributed by atoms with E-state index in [9.17, 15) is 15.0 Å². The number of aliphatic hydroxyl groups is 2. The van der Waals surface area contributed by atoms with E-state index in [4.69, 9.17) is 21.1 Å². The predicted octanol–water partition coefficient (Wildman–Crippen LogP) is -0.632. The summed E-state index contributed by atoms with van der Waals surface area (Å²) in [5, 5.41) is 31.5. The van der Waals surface area contributed by atoms with Gasteiger partial charge in [-0.15, -0.1) is 0 Å². The van der Waals surface area contributed by atoms with E-state index in [1.165, 1.54) is 6.92 Å². The number of hydrogen-bond donors (Lipinski definition) is 4. The molecule has 1 fully saturated rings. The highest BCUT2D eigenvalue weighted by Crippen LogP contribution is 2.30. The Kier molecular flexibility index (Phi) is 5.10. The van der Waals surface area contributed by atoms with Crippen LogP contribution in [0.1, 0.15) is 19.8 Å². The molecule has 5 N–H and O–H groups in total. The third-order valence-corrected chi connectivity index (χ3v) is 3.14. The molecule has 1 saturated heterocycles. The van der Waals surface area contributed by atoms with Gasteiger partial charge in [-0.05, 0) is 18.9 Å². The zero-order chi connectivity index (χ0) is 14.6. The Labute approximate surface area is 109 Å². The maximum Gasteiger partial charge on any atom is 0.332 e. The Balaban J connectivity index is 2.90. The van der Waals surface area contributed by atoms with Crippen molar-refractivity contribution in [2.75, 3.05) is 6.54 Å². The summed E-state index contributed by atoms with van der Waals surface area (Å²) >= 11 is 0. The summed E-state index contributed by atoms with van der Waals surface area (Å²) in [6.07, 6.45) is -4.39. The standard InChI is InChI=1S/C10H18N4O5/c1-5(15)8(16)6-2-10(11,4-13-14-12)3-7(19-6)9(17)18/h5-8,15-16H,2-4,11H2,1H3,(H,17,18)/t5?,6?,7-,8?,10?/m0/s1. The fourth-order valence-electron chi connectivity index (χ4n) is 2.12. The van der Waals surface area contributed by atoms with Gasteiger partial charge in [0.15, 0.2) is 6.10 Å². The molecule has 0 radical (unpaired) electrons. The van der Waals surface area contributed by atoms with E-state index in [2.05, 4.69) is 10.0 Å². The third kappa shape index (κ3) is 4.05. The molecule has 1 aliphatic rings. The molecule has 4 unspecified atom stereocenters. The van der Waals surface area contributed by atoms with Crippen LogP contribution in [-0.4, -0.2) is 57.8 Å². The largest absolute Gasteiger partial charge is 0.479 e. The van der Waals surface area contributed by atoms with E-state index in [-0.39, 0.29) is 19.4 Å².